The molecule has 0 bridgehead atoms. The molecule has 0 fully saturated rings. The first-order chi connectivity index (χ1) is 21.1. The summed E-state index contributed by atoms with van der Waals surface area (Å²) in [5, 5.41) is 1.98. The lowest BCUT2D eigenvalue weighted by atomic mass is 9.77. The van der Waals surface area contributed by atoms with Gasteiger partial charge in [-0.05, 0) is 54.8 Å². The van der Waals surface area contributed by atoms with Crippen LogP contribution in [0.4, 0.5) is 52.7 Å². The van der Waals surface area contributed by atoms with Gasteiger partial charge < -0.3 is 14.8 Å². The third-order valence-electron chi connectivity index (χ3n) is 6.19. The van der Waals surface area contributed by atoms with Gasteiger partial charge in [-0.25, -0.2) is 8.78 Å². The van der Waals surface area contributed by atoms with Crippen molar-refractivity contribution >= 4 is 5.91 Å². The zero-order valence-corrected chi connectivity index (χ0v) is 23.6. The summed E-state index contributed by atoms with van der Waals surface area (Å²) in [6.07, 6.45) is -23.9. The van der Waals surface area contributed by atoms with E-state index < -0.39 is 89.2 Å². The van der Waals surface area contributed by atoms with E-state index in [-0.39, 0.29) is 17.2 Å². The quantitative estimate of drug-likeness (QED) is 0.164. The Kier molecular flexibility index (Phi) is 10.6. The van der Waals surface area contributed by atoms with Crippen LogP contribution in [0.1, 0.15) is 30.5 Å². The highest BCUT2D eigenvalue weighted by atomic mass is 19.4. The van der Waals surface area contributed by atoms with E-state index in [2.05, 4.69) is 4.74 Å². The number of carbonyl (C=O) groups is 1. The van der Waals surface area contributed by atoms with Gasteiger partial charge in [-0.15, -0.1) is 0 Å². The van der Waals surface area contributed by atoms with Gasteiger partial charge in [-0.2, -0.15) is 43.9 Å². The number of ether oxygens (including phenoxy) is 2. The second kappa shape index (κ2) is 13.5. The van der Waals surface area contributed by atoms with Crippen molar-refractivity contribution in [2.75, 3.05) is 0 Å². The van der Waals surface area contributed by atoms with Crippen LogP contribution in [0.3, 0.4) is 0 Å². The van der Waals surface area contributed by atoms with Crippen molar-refractivity contribution in [3.8, 4) is 11.5 Å². The van der Waals surface area contributed by atoms with Gasteiger partial charge in [0.25, 0.3) is 0 Å². The van der Waals surface area contributed by atoms with Gasteiger partial charge in [-0.1, -0.05) is 36.4 Å². The molecule has 0 radical (unpaired) electrons. The van der Waals surface area contributed by atoms with Crippen LogP contribution < -0.4 is 14.8 Å². The molecule has 0 aliphatic heterocycles. The maximum Gasteiger partial charge on any atom is 0.461 e. The molecule has 4 nitrogen and oxygen atoms in total. The van der Waals surface area contributed by atoms with Gasteiger partial charge in [0.1, 0.15) is 17.1 Å². The Bertz CT molecular complexity index is 1540. The molecule has 250 valence electrons. The molecule has 1 unspecified atom stereocenters. The monoisotopic (exact) mass is 673 g/mol. The molecule has 1 amide bonds. The molecule has 0 aliphatic carbocycles. The van der Waals surface area contributed by atoms with E-state index in [1.54, 1.807) is 0 Å². The van der Waals surface area contributed by atoms with Gasteiger partial charge in [0, 0.05) is 18.6 Å². The van der Waals surface area contributed by atoms with Crippen molar-refractivity contribution in [1.29, 1.82) is 0 Å². The number of hydrogen-bond acceptors (Lipinski definition) is 3. The molecular formula is C30H23F12NO3. The molecule has 3 aromatic rings. The topological polar surface area (TPSA) is 47.6 Å². The number of benzene rings is 3. The molecule has 0 aromatic heterocycles. The molecule has 3 rings (SSSR count). The van der Waals surface area contributed by atoms with Crippen molar-refractivity contribution in [3.63, 3.8) is 0 Å². The predicted molar refractivity (Wildman–Crippen MR) is 139 cm³/mol. The number of amides is 1. The number of allylic oxidation sites excluding steroid dienone is 1. The van der Waals surface area contributed by atoms with Crippen molar-refractivity contribution in [3.05, 3.63) is 107 Å². The highest BCUT2D eigenvalue weighted by molar-refractivity contribution is 5.90. The van der Waals surface area contributed by atoms with Crippen molar-refractivity contribution in [2.45, 2.75) is 56.8 Å². The summed E-state index contributed by atoms with van der Waals surface area (Å²) in [5.41, 5.74) is -6.60. The number of rotatable bonds is 11. The van der Waals surface area contributed by atoms with E-state index in [4.69, 9.17) is 4.74 Å². The van der Waals surface area contributed by atoms with Gasteiger partial charge in [0.15, 0.2) is 11.6 Å². The van der Waals surface area contributed by atoms with Gasteiger partial charge in [-0.3, -0.25) is 4.79 Å². The third-order valence-corrected chi connectivity index (χ3v) is 6.19. The first-order valence-electron chi connectivity index (χ1n) is 13.0. The summed E-state index contributed by atoms with van der Waals surface area (Å²) in [5.74, 6) is -6.30. The summed E-state index contributed by atoms with van der Waals surface area (Å²) < 4.78 is 172. The molecule has 0 saturated heterocycles. The van der Waals surface area contributed by atoms with Crippen LogP contribution in [0.25, 0.3) is 0 Å². The Morgan fingerprint density at radius 1 is 0.826 bits per heavy atom. The minimum Gasteiger partial charge on any atom is -0.488 e. The number of alkyl halides is 10. The fraction of sp³-hybridized carbons (Fsp3) is 0.300. The molecule has 46 heavy (non-hydrogen) atoms. The van der Waals surface area contributed by atoms with Crippen LogP contribution in [0, 0.1) is 11.6 Å². The van der Waals surface area contributed by atoms with E-state index in [1.165, 1.54) is 44.2 Å². The Morgan fingerprint density at radius 3 is 1.98 bits per heavy atom. The second-order valence-corrected chi connectivity index (χ2v) is 10.1. The summed E-state index contributed by atoms with van der Waals surface area (Å²) in [7, 11) is 0. The van der Waals surface area contributed by atoms with Gasteiger partial charge in [0.2, 0.25) is 5.91 Å². The van der Waals surface area contributed by atoms with Crippen LogP contribution in [0.5, 0.6) is 11.5 Å². The average Bonchev–Trinajstić information content (AvgIpc) is 2.91. The SMILES string of the molecule is CC(C)Oc1cc(C(Cc2ccccc2)(NC(=O)C=C(C(F)(F)F)C(F)(F)F)c2cc(F)cc(OC(F)(F)C(F)F)c2)ccc1F. The van der Waals surface area contributed by atoms with Crippen LogP contribution in [-0.2, 0) is 16.8 Å². The Balaban J connectivity index is 2.41. The van der Waals surface area contributed by atoms with E-state index in [0.29, 0.717) is 12.1 Å². The van der Waals surface area contributed by atoms with Crippen LogP contribution >= 0.6 is 0 Å². The predicted octanol–water partition coefficient (Wildman–Crippen LogP) is 8.64. The lowest BCUT2D eigenvalue weighted by Crippen LogP contribution is -2.48. The summed E-state index contributed by atoms with van der Waals surface area (Å²) in [6.45, 7) is 2.95. The number of halogens is 12. The third kappa shape index (κ3) is 8.88. The largest absolute Gasteiger partial charge is 0.488 e. The standard InChI is InChI=1S/C30H23F12NO3/c1-16(2)45-23-12-18(8-9-22(23)32)27(15-17-6-4-3-5-7-17,43-25(44)14-24(28(35,36)37)29(38,39)40)19-10-20(31)13-21(11-19)46-30(41,42)26(33)34/h3-14,16,26H,15H2,1-2H3,(H,43,44). The van der Waals surface area contributed by atoms with Crippen molar-refractivity contribution < 1.29 is 67.0 Å². The highest BCUT2D eigenvalue weighted by Gasteiger charge is 2.52. The number of carbonyl (C=O) groups excluding carboxylic acids is 1. The van der Waals surface area contributed by atoms with Gasteiger partial charge in [0.05, 0.1) is 11.6 Å². The Labute approximate surface area is 253 Å². The van der Waals surface area contributed by atoms with E-state index in [1.807, 2.05) is 5.32 Å². The molecule has 0 aliphatic rings. The maximum absolute atomic E-state index is 14.9. The molecule has 16 heteroatoms. The normalized spacial score (nSPS) is 13.7. The lowest BCUT2D eigenvalue weighted by Gasteiger charge is -2.37. The summed E-state index contributed by atoms with van der Waals surface area (Å²) in [6, 6.07) is 11.0. The molecular weight excluding hydrogens is 650 g/mol. The van der Waals surface area contributed by atoms with Crippen molar-refractivity contribution in [2.24, 2.45) is 0 Å². The Morgan fingerprint density at radius 2 is 1.43 bits per heavy atom. The Hall–Kier alpha value is -4.37. The molecule has 0 heterocycles. The second-order valence-electron chi connectivity index (χ2n) is 10.1. The fourth-order valence-electron chi connectivity index (χ4n) is 4.35. The minimum atomic E-state index is -6.08. The van der Waals surface area contributed by atoms with Crippen LogP contribution in [0.2, 0.25) is 0 Å². The van der Waals surface area contributed by atoms with Gasteiger partial charge >= 0.3 is 24.9 Å². The fourth-order valence-corrected chi connectivity index (χ4v) is 4.35. The first kappa shape index (κ1) is 36.1. The van der Waals surface area contributed by atoms with Crippen molar-refractivity contribution in [1.82, 2.24) is 5.32 Å². The summed E-state index contributed by atoms with van der Waals surface area (Å²) in [4.78, 5) is 13.1. The van der Waals surface area contributed by atoms with Crippen LogP contribution in [-0.4, -0.2) is 36.9 Å². The number of hydrogen-bond donors (Lipinski definition) is 1. The molecule has 0 saturated carbocycles. The zero-order chi connectivity index (χ0) is 34.7. The van der Waals surface area contributed by atoms with E-state index in [0.717, 1.165) is 18.2 Å². The minimum absolute atomic E-state index is 0.180. The summed E-state index contributed by atoms with van der Waals surface area (Å²) >= 11 is 0. The average molecular weight is 673 g/mol. The maximum atomic E-state index is 14.9. The highest BCUT2D eigenvalue weighted by Crippen LogP contribution is 2.41. The van der Waals surface area contributed by atoms with E-state index >= 15 is 0 Å². The number of nitrogens with one attached hydrogen (secondary N) is 1. The zero-order valence-electron chi connectivity index (χ0n) is 23.6. The smallest absolute Gasteiger partial charge is 0.461 e. The first-order valence-corrected chi connectivity index (χ1v) is 13.0. The molecule has 0 spiro atoms. The lowest BCUT2D eigenvalue weighted by molar-refractivity contribution is -0.253. The molecule has 1 N–H and O–H groups in total. The molecule has 1 atom stereocenters. The van der Waals surface area contributed by atoms with E-state index in [9.17, 15) is 57.5 Å². The van der Waals surface area contributed by atoms with Crippen LogP contribution in [0.15, 0.2) is 78.4 Å². The molecule has 3 aromatic carbocycles.